The van der Waals surface area contributed by atoms with Crippen molar-refractivity contribution >= 4 is 6.16 Å². The van der Waals surface area contributed by atoms with Crippen LogP contribution in [0.25, 0.3) is 0 Å². The number of hydrogen-bond acceptors (Lipinski definition) is 5. The van der Waals surface area contributed by atoms with Crippen molar-refractivity contribution in [1.29, 1.82) is 0 Å². The number of rotatable bonds is 9. The number of carbonyl (C=O) groups is 1. The number of carbonyl (C=O) groups excluding carboxylic acids is 1. The van der Waals surface area contributed by atoms with Crippen molar-refractivity contribution in [1.82, 2.24) is 0 Å². The first-order valence-electron chi connectivity index (χ1n) is 5.94. The Bertz CT molecular complexity index is 203. The zero-order valence-corrected chi connectivity index (χ0v) is 11.3. The van der Waals surface area contributed by atoms with E-state index in [1.807, 2.05) is 13.8 Å². The molecule has 0 N–H and O–H groups in total. The van der Waals surface area contributed by atoms with Gasteiger partial charge in [0, 0.05) is 20.1 Å². The van der Waals surface area contributed by atoms with Crippen LogP contribution in [-0.4, -0.2) is 45.3 Å². The second kappa shape index (κ2) is 9.24. The first-order chi connectivity index (χ1) is 8.02. The highest BCUT2D eigenvalue weighted by atomic mass is 16.7. The van der Waals surface area contributed by atoms with E-state index in [0.717, 1.165) is 6.42 Å². The van der Waals surface area contributed by atoms with Gasteiger partial charge in [-0.25, -0.2) is 4.79 Å². The van der Waals surface area contributed by atoms with Crippen molar-refractivity contribution in [3.8, 4) is 0 Å². The lowest BCUT2D eigenvalue weighted by atomic mass is 10.1. The highest BCUT2D eigenvalue weighted by Gasteiger charge is 2.18. The van der Waals surface area contributed by atoms with Crippen molar-refractivity contribution < 1.29 is 23.7 Å². The molecule has 0 aliphatic carbocycles. The van der Waals surface area contributed by atoms with Crippen LogP contribution in [0.4, 0.5) is 4.79 Å². The second-order valence-corrected chi connectivity index (χ2v) is 4.30. The monoisotopic (exact) mass is 248 g/mol. The Labute approximate surface area is 103 Å². The van der Waals surface area contributed by atoms with Gasteiger partial charge in [0.25, 0.3) is 0 Å². The van der Waals surface area contributed by atoms with Crippen molar-refractivity contribution in [3.05, 3.63) is 0 Å². The Morgan fingerprint density at radius 1 is 1.06 bits per heavy atom. The summed E-state index contributed by atoms with van der Waals surface area (Å²) in [5.41, 5.74) is -0.275. The minimum absolute atomic E-state index is 0.213. The molecule has 0 rings (SSSR count). The fourth-order valence-corrected chi connectivity index (χ4v) is 1.08. The first-order valence-corrected chi connectivity index (χ1v) is 5.94. The summed E-state index contributed by atoms with van der Waals surface area (Å²) in [6, 6.07) is 0. The van der Waals surface area contributed by atoms with Crippen LogP contribution in [0.15, 0.2) is 0 Å². The summed E-state index contributed by atoms with van der Waals surface area (Å²) >= 11 is 0. The van der Waals surface area contributed by atoms with E-state index in [1.165, 1.54) is 0 Å². The average Bonchev–Trinajstić information content (AvgIpc) is 2.26. The first kappa shape index (κ1) is 16.2. The summed E-state index contributed by atoms with van der Waals surface area (Å²) in [5.74, 6) is 0. The van der Waals surface area contributed by atoms with Gasteiger partial charge in [0.1, 0.15) is 6.61 Å². The molecule has 0 aromatic heterocycles. The third kappa shape index (κ3) is 10.1. The SMILES string of the molecule is CCCOC(C)(C)CCOC(=O)OCCOC. The molecule has 0 amide bonds. The van der Waals surface area contributed by atoms with Crippen LogP contribution in [0.3, 0.4) is 0 Å². The maximum Gasteiger partial charge on any atom is 0.508 e. The van der Waals surface area contributed by atoms with Crippen LogP contribution in [0, 0.1) is 0 Å². The molecule has 5 nitrogen and oxygen atoms in total. The topological polar surface area (TPSA) is 54.0 Å². The molecule has 17 heavy (non-hydrogen) atoms. The molecule has 0 unspecified atom stereocenters. The summed E-state index contributed by atoms with van der Waals surface area (Å²) in [6.07, 6.45) is 0.962. The lowest BCUT2D eigenvalue weighted by Crippen LogP contribution is -2.27. The van der Waals surface area contributed by atoms with Gasteiger partial charge in [-0.05, 0) is 20.3 Å². The van der Waals surface area contributed by atoms with Gasteiger partial charge in [0.05, 0.1) is 18.8 Å². The van der Waals surface area contributed by atoms with Crippen LogP contribution in [0.1, 0.15) is 33.6 Å². The Kier molecular flexibility index (Phi) is 8.80. The average molecular weight is 248 g/mol. The molecule has 0 aliphatic rings. The highest BCUT2D eigenvalue weighted by molar-refractivity contribution is 5.59. The Morgan fingerprint density at radius 3 is 2.29 bits per heavy atom. The largest absolute Gasteiger partial charge is 0.508 e. The molecular weight excluding hydrogens is 224 g/mol. The lowest BCUT2D eigenvalue weighted by molar-refractivity contribution is -0.0396. The molecule has 0 atom stereocenters. The number of hydrogen-bond donors (Lipinski definition) is 0. The van der Waals surface area contributed by atoms with E-state index in [0.29, 0.717) is 26.2 Å². The van der Waals surface area contributed by atoms with Gasteiger partial charge in [-0.3, -0.25) is 0 Å². The van der Waals surface area contributed by atoms with E-state index in [4.69, 9.17) is 18.9 Å². The molecule has 0 radical (unpaired) electrons. The molecule has 0 saturated carbocycles. The van der Waals surface area contributed by atoms with Crippen molar-refractivity contribution in [2.24, 2.45) is 0 Å². The van der Waals surface area contributed by atoms with Gasteiger partial charge in [-0.1, -0.05) is 6.92 Å². The summed E-state index contributed by atoms with van der Waals surface area (Å²) in [4.78, 5) is 11.1. The van der Waals surface area contributed by atoms with Gasteiger partial charge < -0.3 is 18.9 Å². The minimum atomic E-state index is -0.659. The molecular formula is C12H24O5. The molecule has 5 heteroatoms. The van der Waals surface area contributed by atoms with Crippen LogP contribution in [-0.2, 0) is 18.9 Å². The van der Waals surface area contributed by atoms with Crippen LogP contribution < -0.4 is 0 Å². The van der Waals surface area contributed by atoms with Gasteiger partial charge in [0.15, 0.2) is 0 Å². The number of ether oxygens (including phenoxy) is 4. The highest BCUT2D eigenvalue weighted by Crippen LogP contribution is 2.14. The summed E-state index contributed by atoms with van der Waals surface area (Å²) in [6.45, 7) is 7.60. The van der Waals surface area contributed by atoms with E-state index in [-0.39, 0.29) is 12.2 Å². The van der Waals surface area contributed by atoms with Gasteiger partial charge in [0.2, 0.25) is 0 Å². The molecule has 0 aliphatic heterocycles. The van der Waals surface area contributed by atoms with Gasteiger partial charge in [-0.2, -0.15) is 0 Å². The molecule has 0 aromatic rings. The molecule has 0 bridgehead atoms. The third-order valence-corrected chi connectivity index (χ3v) is 2.13. The molecule has 0 spiro atoms. The predicted octanol–water partition coefficient (Wildman–Crippen LogP) is 2.38. The van der Waals surface area contributed by atoms with E-state index in [9.17, 15) is 4.79 Å². The van der Waals surface area contributed by atoms with Crippen molar-refractivity contribution in [2.75, 3.05) is 33.5 Å². The molecule has 0 fully saturated rings. The van der Waals surface area contributed by atoms with E-state index in [1.54, 1.807) is 7.11 Å². The molecule has 0 saturated heterocycles. The van der Waals surface area contributed by atoms with Crippen LogP contribution in [0.2, 0.25) is 0 Å². The van der Waals surface area contributed by atoms with Crippen LogP contribution in [0.5, 0.6) is 0 Å². The Hall–Kier alpha value is -0.810. The Morgan fingerprint density at radius 2 is 1.71 bits per heavy atom. The van der Waals surface area contributed by atoms with Crippen molar-refractivity contribution in [2.45, 2.75) is 39.2 Å². The molecule has 0 aromatic carbocycles. The zero-order chi connectivity index (χ0) is 13.1. The summed E-state index contributed by atoms with van der Waals surface area (Å²) < 4.78 is 20.0. The van der Waals surface area contributed by atoms with Gasteiger partial charge in [-0.15, -0.1) is 0 Å². The lowest BCUT2D eigenvalue weighted by Gasteiger charge is -2.24. The summed E-state index contributed by atoms with van der Waals surface area (Å²) in [5, 5.41) is 0. The fraction of sp³-hybridized carbons (Fsp3) is 0.917. The number of methoxy groups -OCH3 is 1. The smallest absolute Gasteiger partial charge is 0.434 e. The van der Waals surface area contributed by atoms with E-state index >= 15 is 0 Å². The van der Waals surface area contributed by atoms with Crippen LogP contribution >= 0.6 is 0 Å². The van der Waals surface area contributed by atoms with Crippen molar-refractivity contribution in [3.63, 3.8) is 0 Å². The molecule has 0 heterocycles. The Balaban J connectivity index is 3.57. The maximum atomic E-state index is 11.1. The second-order valence-electron chi connectivity index (χ2n) is 4.30. The summed E-state index contributed by atoms with van der Waals surface area (Å²) in [7, 11) is 1.54. The van der Waals surface area contributed by atoms with E-state index in [2.05, 4.69) is 6.92 Å². The standard InChI is InChI=1S/C12H24O5/c1-5-7-17-12(2,3)6-8-15-11(13)16-10-9-14-4/h5-10H2,1-4H3. The molecule has 102 valence electrons. The zero-order valence-electron chi connectivity index (χ0n) is 11.3. The quantitative estimate of drug-likeness (QED) is 0.463. The van der Waals surface area contributed by atoms with E-state index < -0.39 is 6.16 Å². The normalized spacial score (nSPS) is 11.3. The van der Waals surface area contributed by atoms with Gasteiger partial charge >= 0.3 is 6.16 Å². The minimum Gasteiger partial charge on any atom is -0.434 e. The fourth-order valence-electron chi connectivity index (χ4n) is 1.08. The maximum absolute atomic E-state index is 11.1. The third-order valence-electron chi connectivity index (χ3n) is 2.13. The predicted molar refractivity (Wildman–Crippen MR) is 64.1 cm³/mol.